The van der Waals surface area contributed by atoms with Gasteiger partial charge >= 0.3 is 5.97 Å². The molecule has 0 N–H and O–H groups in total. The first-order valence-electron chi connectivity index (χ1n) is 7.34. The van der Waals surface area contributed by atoms with E-state index in [9.17, 15) is 19.7 Å². The number of rotatable bonds is 4. The van der Waals surface area contributed by atoms with Gasteiger partial charge in [0.1, 0.15) is 23.9 Å². The molecule has 0 bridgehead atoms. The largest absolute Gasteiger partial charge is 0.488 e. The Bertz CT molecular complexity index is 862. The number of ether oxygens (including phenoxy) is 3. The molecule has 0 saturated heterocycles. The highest BCUT2D eigenvalue weighted by molar-refractivity contribution is 6.03. The second-order valence-electron chi connectivity index (χ2n) is 5.29. The number of non-ortho nitro benzene ring substituents is 1. The van der Waals surface area contributed by atoms with Crippen LogP contribution in [0.2, 0.25) is 0 Å². The summed E-state index contributed by atoms with van der Waals surface area (Å²) in [6, 6.07) is 10.00. The molecule has 0 saturated carbocycles. The van der Waals surface area contributed by atoms with Crippen LogP contribution in [0.4, 0.5) is 5.69 Å². The summed E-state index contributed by atoms with van der Waals surface area (Å²) in [7, 11) is 0. The second kappa shape index (κ2) is 6.60. The lowest BCUT2D eigenvalue weighted by molar-refractivity contribution is -0.384. The number of nitrogens with zero attached hydrogens (tertiary/aromatic N) is 1. The maximum absolute atomic E-state index is 12.5. The Hall–Kier alpha value is -3.42. The summed E-state index contributed by atoms with van der Waals surface area (Å²) >= 11 is 0. The Labute approximate surface area is 142 Å². The van der Waals surface area contributed by atoms with E-state index < -0.39 is 17.0 Å². The molecule has 1 aliphatic rings. The lowest BCUT2D eigenvalue weighted by atomic mass is 10.0. The predicted octanol–water partition coefficient (Wildman–Crippen LogP) is 2.54. The molecule has 8 nitrogen and oxygen atoms in total. The maximum atomic E-state index is 12.5. The molecule has 0 aromatic heterocycles. The second-order valence-corrected chi connectivity index (χ2v) is 5.29. The Balaban J connectivity index is 1.79. The van der Waals surface area contributed by atoms with Gasteiger partial charge in [-0.25, -0.2) is 0 Å². The highest BCUT2D eigenvalue weighted by Crippen LogP contribution is 2.31. The van der Waals surface area contributed by atoms with Crippen LogP contribution in [0.1, 0.15) is 17.3 Å². The van der Waals surface area contributed by atoms with E-state index in [0.717, 1.165) is 0 Å². The first kappa shape index (κ1) is 16.4. The number of carbonyl (C=O) groups is 2. The molecule has 0 aliphatic carbocycles. The number of nitro groups is 1. The molecule has 128 valence electrons. The fraction of sp³-hybridized carbons (Fsp3) is 0.176. The van der Waals surface area contributed by atoms with Gasteiger partial charge in [-0.3, -0.25) is 19.7 Å². The van der Waals surface area contributed by atoms with Crippen molar-refractivity contribution in [1.82, 2.24) is 0 Å². The molecule has 3 rings (SSSR count). The molecule has 0 spiro atoms. The van der Waals surface area contributed by atoms with Crippen LogP contribution in [0.15, 0.2) is 42.5 Å². The van der Waals surface area contributed by atoms with Crippen molar-refractivity contribution in [3.8, 4) is 17.2 Å². The van der Waals surface area contributed by atoms with E-state index in [0.29, 0.717) is 5.75 Å². The van der Waals surface area contributed by atoms with Crippen molar-refractivity contribution in [1.29, 1.82) is 0 Å². The van der Waals surface area contributed by atoms with E-state index in [1.165, 1.54) is 49.4 Å². The number of esters is 1. The average Bonchev–Trinajstić information content (AvgIpc) is 2.57. The lowest BCUT2D eigenvalue weighted by Crippen LogP contribution is -2.37. The van der Waals surface area contributed by atoms with Crippen molar-refractivity contribution in [2.24, 2.45) is 0 Å². The van der Waals surface area contributed by atoms with E-state index in [1.807, 2.05) is 0 Å². The third kappa shape index (κ3) is 3.57. The molecule has 2 aromatic rings. The van der Waals surface area contributed by atoms with Gasteiger partial charge in [-0.05, 0) is 18.2 Å². The number of hydrogen-bond acceptors (Lipinski definition) is 7. The van der Waals surface area contributed by atoms with Crippen LogP contribution in [-0.2, 0) is 4.79 Å². The number of carbonyl (C=O) groups excluding carboxylic acids is 2. The number of ketones is 1. The Morgan fingerprint density at radius 3 is 2.76 bits per heavy atom. The van der Waals surface area contributed by atoms with Gasteiger partial charge in [-0.1, -0.05) is 6.07 Å². The molecule has 1 heterocycles. The van der Waals surface area contributed by atoms with Crippen LogP contribution in [0, 0.1) is 10.1 Å². The third-order valence-corrected chi connectivity index (χ3v) is 3.47. The zero-order valence-electron chi connectivity index (χ0n) is 13.1. The van der Waals surface area contributed by atoms with E-state index in [4.69, 9.17) is 14.2 Å². The van der Waals surface area contributed by atoms with Crippen molar-refractivity contribution in [3.63, 3.8) is 0 Å². The first-order chi connectivity index (χ1) is 11.9. The topological polar surface area (TPSA) is 105 Å². The van der Waals surface area contributed by atoms with Gasteiger partial charge in [-0.2, -0.15) is 0 Å². The SMILES string of the molecule is CC(=O)Oc1ccc2c(c1)OCC(Oc1cccc([N+](=O)[O-])c1)C2=O. The van der Waals surface area contributed by atoms with Gasteiger partial charge in [0.05, 0.1) is 16.6 Å². The van der Waals surface area contributed by atoms with Crippen molar-refractivity contribution in [2.45, 2.75) is 13.0 Å². The van der Waals surface area contributed by atoms with Gasteiger partial charge in [0.15, 0.2) is 6.10 Å². The number of Topliss-reactive ketones (excluding diaryl/α,β-unsaturated/α-hetero) is 1. The predicted molar refractivity (Wildman–Crippen MR) is 85.1 cm³/mol. The van der Waals surface area contributed by atoms with Crippen LogP contribution in [0.5, 0.6) is 17.2 Å². The van der Waals surface area contributed by atoms with Gasteiger partial charge in [0.2, 0.25) is 5.78 Å². The monoisotopic (exact) mass is 343 g/mol. The van der Waals surface area contributed by atoms with E-state index in [1.54, 1.807) is 0 Å². The van der Waals surface area contributed by atoms with Crippen molar-refractivity contribution in [2.75, 3.05) is 6.61 Å². The standard InChI is InChI=1S/C17H13NO7/c1-10(19)24-13-5-6-14-15(8-13)23-9-16(17(14)20)25-12-4-2-3-11(7-12)18(21)22/h2-8,16H,9H2,1H3. The highest BCUT2D eigenvalue weighted by atomic mass is 16.6. The van der Waals surface area contributed by atoms with Crippen LogP contribution in [0.3, 0.4) is 0 Å². The van der Waals surface area contributed by atoms with Crippen LogP contribution < -0.4 is 14.2 Å². The van der Waals surface area contributed by atoms with Crippen molar-refractivity contribution >= 4 is 17.4 Å². The van der Waals surface area contributed by atoms with E-state index in [-0.39, 0.29) is 35.1 Å². The summed E-state index contributed by atoms with van der Waals surface area (Å²) in [6.07, 6.45) is -0.922. The molecule has 0 radical (unpaired) electrons. The summed E-state index contributed by atoms with van der Waals surface area (Å²) in [4.78, 5) is 33.8. The zero-order chi connectivity index (χ0) is 18.0. The zero-order valence-corrected chi connectivity index (χ0v) is 13.1. The smallest absolute Gasteiger partial charge is 0.308 e. The molecule has 25 heavy (non-hydrogen) atoms. The fourth-order valence-corrected chi connectivity index (χ4v) is 2.39. The average molecular weight is 343 g/mol. The minimum absolute atomic E-state index is 0.0575. The van der Waals surface area contributed by atoms with E-state index in [2.05, 4.69) is 0 Å². The molecular weight excluding hydrogens is 330 g/mol. The van der Waals surface area contributed by atoms with E-state index >= 15 is 0 Å². The molecule has 1 aliphatic heterocycles. The van der Waals surface area contributed by atoms with Crippen LogP contribution in [-0.4, -0.2) is 29.4 Å². The summed E-state index contributed by atoms with van der Waals surface area (Å²) in [6.45, 7) is 1.21. The van der Waals surface area contributed by atoms with Crippen LogP contribution in [0.25, 0.3) is 0 Å². The number of nitro benzene ring substituents is 1. The molecule has 1 atom stereocenters. The number of benzene rings is 2. The van der Waals surface area contributed by atoms with Crippen LogP contribution >= 0.6 is 0 Å². The minimum atomic E-state index is -0.922. The lowest BCUT2D eigenvalue weighted by Gasteiger charge is -2.25. The fourth-order valence-electron chi connectivity index (χ4n) is 2.39. The molecule has 1 unspecified atom stereocenters. The molecule has 0 fully saturated rings. The highest BCUT2D eigenvalue weighted by Gasteiger charge is 2.31. The van der Waals surface area contributed by atoms with Gasteiger partial charge in [0, 0.05) is 19.1 Å². The molecule has 0 amide bonds. The van der Waals surface area contributed by atoms with Crippen molar-refractivity contribution < 1.29 is 28.7 Å². The summed E-state index contributed by atoms with van der Waals surface area (Å²) in [5.74, 6) is -0.0213. The normalized spacial score (nSPS) is 15.7. The Kier molecular flexibility index (Phi) is 4.34. The maximum Gasteiger partial charge on any atom is 0.308 e. The first-order valence-corrected chi connectivity index (χ1v) is 7.34. The summed E-state index contributed by atoms with van der Waals surface area (Å²) < 4.78 is 16.0. The molecule has 8 heteroatoms. The molecule has 2 aromatic carbocycles. The minimum Gasteiger partial charge on any atom is -0.488 e. The number of hydrogen-bond donors (Lipinski definition) is 0. The third-order valence-electron chi connectivity index (χ3n) is 3.47. The van der Waals surface area contributed by atoms with Crippen molar-refractivity contribution in [3.05, 3.63) is 58.1 Å². The number of fused-ring (bicyclic) bond motifs is 1. The molecular formula is C17H13NO7. The quantitative estimate of drug-likeness (QED) is 0.363. The van der Waals surface area contributed by atoms with Gasteiger partial charge < -0.3 is 14.2 Å². The summed E-state index contributed by atoms with van der Waals surface area (Å²) in [5, 5.41) is 10.8. The summed E-state index contributed by atoms with van der Waals surface area (Å²) in [5.41, 5.74) is 0.158. The Morgan fingerprint density at radius 2 is 2.04 bits per heavy atom. The van der Waals surface area contributed by atoms with Gasteiger partial charge in [0.25, 0.3) is 5.69 Å². The van der Waals surface area contributed by atoms with Gasteiger partial charge in [-0.15, -0.1) is 0 Å². The Morgan fingerprint density at radius 1 is 1.24 bits per heavy atom.